The quantitative estimate of drug-likeness (QED) is 0.389. The number of likely N-dealkylation sites (N-methyl/N-ethyl adjacent to an activating group) is 1. The fourth-order valence-corrected chi connectivity index (χ4v) is 2.34. The summed E-state index contributed by atoms with van der Waals surface area (Å²) in [5.41, 5.74) is 1.33. The third-order valence-corrected chi connectivity index (χ3v) is 3.82. The van der Waals surface area contributed by atoms with Crippen molar-refractivity contribution in [3.05, 3.63) is 48.0 Å². The Kier molecular flexibility index (Phi) is 9.76. The van der Waals surface area contributed by atoms with Crippen LogP contribution in [0.5, 0.6) is 0 Å². The molecule has 0 aliphatic carbocycles. The van der Waals surface area contributed by atoms with E-state index in [1.807, 2.05) is 13.0 Å². The van der Waals surface area contributed by atoms with Gasteiger partial charge in [0.15, 0.2) is 0 Å². The Morgan fingerprint density at radius 1 is 1.19 bits per heavy atom. The first-order valence-electron chi connectivity index (χ1n) is 7.34. The minimum atomic E-state index is -0.252. The highest BCUT2D eigenvalue weighted by molar-refractivity contribution is 5.81. The summed E-state index contributed by atoms with van der Waals surface area (Å²) in [4.78, 5) is 11.3. The van der Waals surface area contributed by atoms with Crippen molar-refractivity contribution >= 4 is 5.97 Å². The van der Waals surface area contributed by atoms with Crippen LogP contribution in [0.3, 0.4) is 0 Å². The van der Waals surface area contributed by atoms with Gasteiger partial charge in [-0.15, -0.1) is 0 Å². The second kappa shape index (κ2) is 10.4. The molecule has 0 aliphatic heterocycles. The van der Waals surface area contributed by atoms with Crippen LogP contribution >= 0.6 is 0 Å². The molecule has 0 unspecified atom stereocenters. The number of nitrogens with zero attached hydrogens (tertiary/aromatic N) is 1. The van der Waals surface area contributed by atoms with E-state index in [0.29, 0.717) is 6.61 Å². The summed E-state index contributed by atoms with van der Waals surface area (Å²) in [6.07, 6.45) is 3.16. The molecule has 1 aromatic rings. The molecule has 1 rings (SSSR count). The summed E-state index contributed by atoms with van der Waals surface area (Å²) >= 11 is 0. The van der Waals surface area contributed by atoms with Gasteiger partial charge in [-0.1, -0.05) is 36.4 Å². The van der Waals surface area contributed by atoms with Crippen LogP contribution in [0.2, 0.25) is 0 Å². The number of halogens is 1. The molecule has 0 N–H and O–H groups in total. The predicted octanol–water partition coefficient (Wildman–Crippen LogP) is 0.167. The molecule has 0 atom stereocenters. The van der Waals surface area contributed by atoms with Gasteiger partial charge in [0, 0.05) is 11.6 Å². The van der Waals surface area contributed by atoms with Crippen LogP contribution in [0.25, 0.3) is 0 Å². The highest BCUT2D eigenvalue weighted by Gasteiger charge is 2.23. The summed E-state index contributed by atoms with van der Waals surface area (Å²) < 4.78 is 6.18. The lowest BCUT2D eigenvalue weighted by atomic mass is 10.2. The third-order valence-electron chi connectivity index (χ3n) is 3.82. The zero-order valence-corrected chi connectivity index (χ0v) is 14.0. The maximum atomic E-state index is 11.3. The number of allylic oxidation sites excluding steroid dienone is 1. The number of benzene rings is 1. The van der Waals surface area contributed by atoms with Crippen molar-refractivity contribution in [3.8, 4) is 0 Å². The van der Waals surface area contributed by atoms with Gasteiger partial charge < -0.3 is 21.6 Å². The van der Waals surface area contributed by atoms with Gasteiger partial charge in [-0.05, 0) is 20.8 Å². The number of carbonyl (C=O) groups excluding carboxylic acids is 1. The predicted molar refractivity (Wildman–Crippen MR) is 82.1 cm³/mol. The SMILES string of the molecule is CC=CC(=O)OCC[N+](CC)(CC)Cc1ccccc1.[Cl-]. The van der Waals surface area contributed by atoms with E-state index < -0.39 is 0 Å². The topological polar surface area (TPSA) is 26.3 Å². The van der Waals surface area contributed by atoms with Crippen molar-refractivity contribution < 1.29 is 26.4 Å². The Hall–Kier alpha value is -1.32. The van der Waals surface area contributed by atoms with Crippen LogP contribution in [0.4, 0.5) is 0 Å². The van der Waals surface area contributed by atoms with E-state index in [4.69, 9.17) is 4.74 Å². The number of hydrogen-bond donors (Lipinski definition) is 0. The van der Waals surface area contributed by atoms with Gasteiger partial charge in [0.2, 0.25) is 0 Å². The monoisotopic (exact) mass is 311 g/mol. The third kappa shape index (κ3) is 6.78. The number of hydrogen-bond acceptors (Lipinski definition) is 2. The lowest BCUT2D eigenvalue weighted by Gasteiger charge is -2.36. The first-order chi connectivity index (χ1) is 9.65. The molecule has 0 amide bonds. The molecule has 0 fully saturated rings. The molecule has 0 saturated carbocycles. The van der Waals surface area contributed by atoms with Gasteiger partial charge in [0.25, 0.3) is 0 Å². The van der Waals surface area contributed by atoms with Crippen LogP contribution in [-0.4, -0.2) is 36.7 Å². The highest BCUT2D eigenvalue weighted by atomic mass is 35.5. The first-order valence-corrected chi connectivity index (χ1v) is 7.34. The molecule has 0 radical (unpaired) electrons. The molecule has 1 aromatic carbocycles. The summed E-state index contributed by atoms with van der Waals surface area (Å²) in [5.74, 6) is -0.252. The molecule has 3 nitrogen and oxygen atoms in total. The molecule has 0 heterocycles. The fraction of sp³-hybridized carbons (Fsp3) is 0.471. The number of ether oxygens (including phenoxy) is 1. The molecule has 118 valence electrons. The van der Waals surface area contributed by atoms with E-state index in [1.165, 1.54) is 11.6 Å². The Balaban J connectivity index is 0.00000400. The van der Waals surface area contributed by atoms with Gasteiger partial charge in [-0.25, -0.2) is 4.79 Å². The molecule has 0 spiro atoms. The average Bonchev–Trinajstić information content (AvgIpc) is 2.47. The smallest absolute Gasteiger partial charge is 0.330 e. The average molecular weight is 312 g/mol. The summed E-state index contributed by atoms with van der Waals surface area (Å²) in [6, 6.07) is 10.5. The van der Waals surface area contributed by atoms with Gasteiger partial charge in [-0.2, -0.15) is 0 Å². The van der Waals surface area contributed by atoms with Gasteiger partial charge in [0.05, 0.1) is 13.1 Å². The summed E-state index contributed by atoms with van der Waals surface area (Å²) in [7, 11) is 0. The Labute approximate surface area is 134 Å². The fourth-order valence-electron chi connectivity index (χ4n) is 2.34. The zero-order valence-electron chi connectivity index (χ0n) is 13.2. The second-order valence-electron chi connectivity index (χ2n) is 5.01. The maximum Gasteiger partial charge on any atom is 0.330 e. The molecule has 0 aliphatic rings. The molecular weight excluding hydrogens is 286 g/mol. The largest absolute Gasteiger partial charge is 1.00 e. The van der Waals surface area contributed by atoms with Crippen molar-refractivity contribution in [2.45, 2.75) is 27.3 Å². The summed E-state index contributed by atoms with van der Waals surface area (Å²) in [5, 5.41) is 0. The van der Waals surface area contributed by atoms with Crippen LogP contribution < -0.4 is 12.4 Å². The standard InChI is InChI=1S/C17H26NO2.ClH/c1-4-10-17(19)20-14-13-18(5-2,6-3)15-16-11-8-7-9-12-16;/h4,7-12H,5-6,13-15H2,1-3H3;1H/q+1;/p-1. The van der Waals surface area contributed by atoms with E-state index >= 15 is 0 Å². The highest BCUT2D eigenvalue weighted by Crippen LogP contribution is 2.14. The maximum absolute atomic E-state index is 11.3. The van der Waals surface area contributed by atoms with Crippen molar-refractivity contribution in [1.82, 2.24) is 0 Å². The lowest BCUT2D eigenvalue weighted by Crippen LogP contribution is -3.00. The Morgan fingerprint density at radius 2 is 1.81 bits per heavy atom. The van der Waals surface area contributed by atoms with Gasteiger partial charge in [-0.3, -0.25) is 0 Å². The lowest BCUT2D eigenvalue weighted by molar-refractivity contribution is -0.937. The minimum absolute atomic E-state index is 0. The molecule has 4 heteroatoms. The molecule has 0 bridgehead atoms. The second-order valence-corrected chi connectivity index (χ2v) is 5.01. The summed E-state index contributed by atoms with van der Waals surface area (Å²) in [6.45, 7) is 10.6. The zero-order chi connectivity index (χ0) is 14.8. The van der Waals surface area contributed by atoms with Crippen LogP contribution in [0, 0.1) is 0 Å². The van der Waals surface area contributed by atoms with E-state index in [1.54, 1.807) is 6.08 Å². The molecular formula is C17H26ClNO2. The number of carbonyl (C=O) groups is 1. The number of quaternary nitrogens is 1. The van der Waals surface area contributed by atoms with Gasteiger partial charge in [0.1, 0.15) is 19.7 Å². The Morgan fingerprint density at radius 3 is 2.33 bits per heavy atom. The van der Waals surface area contributed by atoms with Crippen LogP contribution in [0.15, 0.2) is 42.5 Å². The van der Waals surface area contributed by atoms with Gasteiger partial charge >= 0.3 is 5.97 Å². The molecule has 0 saturated heterocycles. The van der Waals surface area contributed by atoms with Crippen LogP contribution in [-0.2, 0) is 16.1 Å². The van der Waals surface area contributed by atoms with Crippen molar-refractivity contribution in [2.75, 3.05) is 26.2 Å². The Bertz CT molecular complexity index is 428. The van der Waals surface area contributed by atoms with E-state index in [-0.39, 0.29) is 18.4 Å². The van der Waals surface area contributed by atoms with Crippen LogP contribution in [0.1, 0.15) is 26.3 Å². The molecule has 21 heavy (non-hydrogen) atoms. The first kappa shape index (κ1) is 19.7. The van der Waals surface area contributed by atoms with E-state index in [0.717, 1.165) is 30.7 Å². The normalized spacial score (nSPS) is 11.2. The van der Waals surface area contributed by atoms with E-state index in [2.05, 4.69) is 38.1 Å². The minimum Gasteiger partial charge on any atom is -1.00 e. The van der Waals surface area contributed by atoms with Crippen molar-refractivity contribution in [2.24, 2.45) is 0 Å². The molecule has 0 aromatic heterocycles. The number of esters is 1. The van der Waals surface area contributed by atoms with Crippen molar-refractivity contribution in [1.29, 1.82) is 0 Å². The number of rotatable bonds is 8. The van der Waals surface area contributed by atoms with Crippen molar-refractivity contribution in [3.63, 3.8) is 0 Å². The van der Waals surface area contributed by atoms with E-state index in [9.17, 15) is 4.79 Å².